The first-order chi connectivity index (χ1) is 6.61. The molecule has 2 aliphatic carbocycles. The SMILES string of the molecule is CC(N)C(=O)OC1CC2(CCCC2)C1. The monoisotopic (exact) mass is 197 g/mol. The fourth-order valence-electron chi connectivity index (χ4n) is 2.79. The van der Waals surface area contributed by atoms with Crippen molar-refractivity contribution in [3.63, 3.8) is 0 Å². The molecule has 3 nitrogen and oxygen atoms in total. The summed E-state index contributed by atoms with van der Waals surface area (Å²) in [6.45, 7) is 1.67. The van der Waals surface area contributed by atoms with E-state index in [1.54, 1.807) is 6.92 Å². The molecule has 0 aromatic carbocycles. The van der Waals surface area contributed by atoms with Gasteiger partial charge in [0, 0.05) is 0 Å². The average Bonchev–Trinajstić information content (AvgIpc) is 2.51. The Bertz CT molecular complexity index is 223. The van der Waals surface area contributed by atoms with Gasteiger partial charge in [0.1, 0.15) is 12.1 Å². The van der Waals surface area contributed by atoms with E-state index in [-0.39, 0.29) is 12.1 Å². The molecule has 2 saturated carbocycles. The summed E-state index contributed by atoms with van der Waals surface area (Å²) in [5.41, 5.74) is 5.98. The number of hydrogen-bond acceptors (Lipinski definition) is 3. The van der Waals surface area contributed by atoms with Crippen molar-refractivity contribution in [3.05, 3.63) is 0 Å². The molecule has 2 aliphatic rings. The molecule has 1 unspecified atom stereocenters. The van der Waals surface area contributed by atoms with Gasteiger partial charge in [-0.05, 0) is 38.0 Å². The van der Waals surface area contributed by atoms with Crippen LogP contribution in [0.25, 0.3) is 0 Å². The summed E-state index contributed by atoms with van der Waals surface area (Å²) in [5.74, 6) is -0.247. The third-order valence-corrected chi connectivity index (χ3v) is 3.64. The molecule has 80 valence electrons. The second-order valence-electron chi connectivity index (χ2n) is 4.96. The molecule has 0 radical (unpaired) electrons. The Hall–Kier alpha value is -0.570. The first-order valence-corrected chi connectivity index (χ1v) is 5.57. The highest BCUT2D eigenvalue weighted by atomic mass is 16.5. The highest BCUT2D eigenvalue weighted by molar-refractivity contribution is 5.75. The Morgan fingerprint density at radius 1 is 1.43 bits per heavy atom. The van der Waals surface area contributed by atoms with Crippen LogP contribution in [0.3, 0.4) is 0 Å². The minimum absolute atomic E-state index is 0.159. The topological polar surface area (TPSA) is 52.3 Å². The molecular formula is C11H19NO2. The van der Waals surface area contributed by atoms with Crippen molar-refractivity contribution in [2.24, 2.45) is 11.1 Å². The van der Waals surface area contributed by atoms with Gasteiger partial charge in [0.2, 0.25) is 0 Å². The smallest absolute Gasteiger partial charge is 0.322 e. The molecule has 0 aliphatic heterocycles. The number of rotatable bonds is 2. The number of esters is 1. The maximum absolute atomic E-state index is 11.2. The van der Waals surface area contributed by atoms with Gasteiger partial charge in [0.15, 0.2) is 0 Å². The van der Waals surface area contributed by atoms with Gasteiger partial charge in [-0.2, -0.15) is 0 Å². The van der Waals surface area contributed by atoms with Gasteiger partial charge in [-0.25, -0.2) is 0 Å². The number of ether oxygens (including phenoxy) is 1. The summed E-state index contributed by atoms with van der Waals surface area (Å²) in [7, 11) is 0. The zero-order chi connectivity index (χ0) is 10.2. The quantitative estimate of drug-likeness (QED) is 0.684. The highest BCUT2D eigenvalue weighted by Crippen LogP contribution is 2.54. The zero-order valence-electron chi connectivity index (χ0n) is 8.79. The average molecular weight is 197 g/mol. The van der Waals surface area contributed by atoms with Crippen LogP contribution in [0.2, 0.25) is 0 Å². The Morgan fingerprint density at radius 3 is 2.50 bits per heavy atom. The van der Waals surface area contributed by atoms with Gasteiger partial charge in [0.05, 0.1) is 0 Å². The van der Waals surface area contributed by atoms with Crippen LogP contribution in [-0.2, 0) is 9.53 Å². The summed E-state index contributed by atoms with van der Waals surface area (Å²) >= 11 is 0. The maximum Gasteiger partial charge on any atom is 0.322 e. The molecule has 0 heterocycles. The largest absolute Gasteiger partial charge is 0.461 e. The molecule has 2 rings (SSSR count). The lowest BCUT2D eigenvalue weighted by Gasteiger charge is -2.44. The fraction of sp³-hybridized carbons (Fsp3) is 0.909. The van der Waals surface area contributed by atoms with Crippen LogP contribution >= 0.6 is 0 Å². The maximum atomic E-state index is 11.2. The highest BCUT2D eigenvalue weighted by Gasteiger charge is 2.47. The lowest BCUT2D eigenvalue weighted by Crippen LogP contribution is -2.44. The summed E-state index contributed by atoms with van der Waals surface area (Å²) < 4.78 is 5.27. The minimum Gasteiger partial charge on any atom is -0.461 e. The van der Waals surface area contributed by atoms with Crippen LogP contribution < -0.4 is 5.73 Å². The standard InChI is InChI=1S/C11H19NO2/c1-8(12)10(13)14-9-6-11(7-9)4-2-3-5-11/h8-9H,2-7,12H2,1H3. The number of carbonyl (C=O) groups is 1. The van der Waals surface area contributed by atoms with E-state index in [1.165, 1.54) is 25.7 Å². The summed E-state index contributed by atoms with van der Waals surface area (Å²) in [5, 5.41) is 0. The van der Waals surface area contributed by atoms with Gasteiger partial charge in [-0.3, -0.25) is 4.79 Å². The van der Waals surface area contributed by atoms with Crippen LogP contribution in [0.1, 0.15) is 45.4 Å². The molecule has 1 atom stereocenters. The summed E-state index contributed by atoms with van der Waals surface area (Å²) in [6.07, 6.45) is 7.68. The van der Waals surface area contributed by atoms with Crippen LogP contribution in [0, 0.1) is 5.41 Å². The van der Waals surface area contributed by atoms with Gasteiger partial charge < -0.3 is 10.5 Å². The number of carbonyl (C=O) groups excluding carboxylic acids is 1. The predicted molar refractivity (Wildman–Crippen MR) is 53.7 cm³/mol. The lowest BCUT2D eigenvalue weighted by molar-refractivity contribution is -0.162. The van der Waals surface area contributed by atoms with E-state index < -0.39 is 6.04 Å². The molecular weight excluding hydrogens is 178 g/mol. The van der Waals surface area contributed by atoms with E-state index in [2.05, 4.69) is 0 Å². The van der Waals surface area contributed by atoms with Gasteiger partial charge in [-0.1, -0.05) is 12.8 Å². The predicted octanol–water partition coefficient (Wildman–Crippen LogP) is 1.60. The normalized spacial score (nSPS) is 27.3. The lowest BCUT2D eigenvalue weighted by atomic mass is 9.65. The Morgan fingerprint density at radius 2 is 2.00 bits per heavy atom. The van der Waals surface area contributed by atoms with Crippen LogP contribution in [-0.4, -0.2) is 18.1 Å². The second kappa shape index (κ2) is 3.54. The van der Waals surface area contributed by atoms with Crippen molar-refractivity contribution in [3.8, 4) is 0 Å². The van der Waals surface area contributed by atoms with Crippen molar-refractivity contribution in [1.82, 2.24) is 0 Å². The molecule has 14 heavy (non-hydrogen) atoms. The third kappa shape index (κ3) is 1.78. The molecule has 0 aromatic heterocycles. The van der Waals surface area contributed by atoms with Crippen molar-refractivity contribution in [1.29, 1.82) is 0 Å². The van der Waals surface area contributed by atoms with Crippen LogP contribution in [0.5, 0.6) is 0 Å². The fourth-order valence-corrected chi connectivity index (χ4v) is 2.79. The summed E-state index contributed by atoms with van der Waals surface area (Å²) in [6, 6.07) is -0.477. The van der Waals surface area contributed by atoms with E-state index in [9.17, 15) is 4.79 Å². The summed E-state index contributed by atoms with van der Waals surface area (Å²) in [4.78, 5) is 11.2. The molecule has 2 N–H and O–H groups in total. The van der Waals surface area contributed by atoms with E-state index in [0.717, 1.165) is 12.8 Å². The first-order valence-electron chi connectivity index (χ1n) is 5.57. The van der Waals surface area contributed by atoms with Gasteiger partial charge >= 0.3 is 5.97 Å². The van der Waals surface area contributed by atoms with Crippen molar-refractivity contribution in [2.75, 3.05) is 0 Å². The van der Waals surface area contributed by atoms with Crippen molar-refractivity contribution < 1.29 is 9.53 Å². The number of hydrogen-bond donors (Lipinski definition) is 1. The minimum atomic E-state index is -0.477. The van der Waals surface area contributed by atoms with Gasteiger partial charge in [0.25, 0.3) is 0 Å². The third-order valence-electron chi connectivity index (χ3n) is 3.64. The molecule has 1 spiro atoms. The molecule has 2 fully saturated rings. The molecule has 0 amide bonds. The van der Waals surface area contributed by atoms with Crippen molar-refractivity contribution >= 4 is 5.97 Å². The second-order valence-corrected chi connectivity index (χ2v) is 4.96. The zero-order valence-corrected chi connectivity index (χ0v) is 8.79. The van der Waals surface area contributed by atoms with E-state index in [0.29, 0.717) is 5.41 Å². The molecule has 3 heteroatoms. The number of nitrogens with two attached hydrogens (primary N) is 1. The molecule has 0 aromatic rings. The van der Waals surface area contributed by atoms with E-state index in [1.807, 2.05) is 0 Å². The first kappa shape index (κ1) is 9.97. The Kier molecular flexibility index (Phi) is 2.52. The van der Waals surface area contributed by atoms with Gasteiger partial charge in [-0.15, -0.1) is 0 Å². The van der Waals surface area contributed by atoms with E-state index >= 15 is 0 Å². The molecule has 0 saturated heterocycles. The Labute approximate surface area is 85.0 Å². The van der Waals surface area contributed by atoms with Crippen LogP contribution in [0.4, 0.5) is 0 Å². The van der Waals surface area contributed by atoms with Crippen LogP contribution in [0.15, 0.2) is 0 Å². The van der Waals surface area contributed by atoms with E-state index in [4.69, 9.17) is 10.5 Å². The Balaban J connectivity index is 1.75. The van der Waals surface area contributed by atoms with Crippen molar-refractivity contribution in [2.45, 2.75) is 57.6 Å². The molecule has 0 bridgehead atoms.